The van der Waals surface area contributed by atoms with E-state index >= 15 is 0 Å². The lowest BCUT2D eigenvalue weighted by molar-refractivity contribution is -0.137. The molecule has 0 amide bonds. The summed E-state index contributed by atoms with van der Waals surface area (Å²) in [6.45, 7) is 7.76. The van der Waals surface area contributed by atoms with Crippen molar-refractivity contribution in [1.82, 2.24) is 14.5 Å². The third kappa shape index (κ3) is 3.77. The van der Waals surface area contributed by atoms with Gasteiger partial charge >= 0.3 is 6.18 Å². The zero-order chi connectivity index (χ0) is 18.7. The van der Waals surface area contributed by atoms with Crippen molar-refractivity contribution in [2.75, 3.05) is 19.6 Å². The van der Waals surface area contributed by atoms with Crippen LogP contribution in [0.4, 0.5) is 13.2 Å². The highest BCUT2D eigenvalue weighted by molar-refractivity contribution is 5.80. The number of aryl methyl sites for hydroxylation is 1. The van der Waals surface area contributed by atoms with E-state index < -0.39 is 11.7 Å². The summed E-state index contributed by atoms with van der Waals surface area (Å²) in [4.78, 5) is 6.74. The first-order chi connectivity index (χ1) is 12.4. The molecule has 0 saturated carbocycles. The van der Waals surface area contributed by atoms with Gasteiger partial charge in [0.2, 0.25) is 0 Å². The highest BCUT2D eigenvalue weighted by atomic mass is 19.4. The van der Waals surface area contributed by atoms with Gasteiger partial charge in [-0.25, -0.2) is 4.98 Å². The summed E-state index contributed by atoms with van der Waals surface area (Å²) >= 11 is 0. The van der Waals surface area contributed by atoms with Gasteiger partial charge < -0.3 is 13.9 Å². The van der Waals surface area contributed by atoms with Gasteiger partial charge in [0.05, 0.1) is 22.9 Å². The molecular formula is C19H22F3N3O. The third-order valence-electron chi connectivity index (χ3n) is 4.57. The first-order valence-electron chi connectivity index (χ1n) is 8.77. The minimum Gasteiger partial charge on any atom is -0.461 e. The van der Waals surface area contributed by atoms with Crippen molar-refractivity contribution in [3.8, 4) is 11.6 Å². The van der Waals surface area contributed by atoms with E-state index in [-0.39, 0.29) is 0 Å². The van der Waals surface area contributed by atoms with Crippen LogP contribution in [-0.2, 0) is 12.7 Å². The van der Waals surface area contributed by atoms with E-state index in [1.54, 1.807) is 12.1 Å². The molecule has 0 aliphatic heterocycles. The van der Waals surface area contributed by atoms with Crippen molar-refractivity contribution < 1.29 is 17.6 Å². The van der Waals surface area contributed by atoms with Gasteiger partial charge in [-0.05, 0) is 56.4 Å². The van der Waals surface area contributed by atoms with E-state index in [4.69, 9.17) is 4.42 Å². The van der Waals surface area contributed by atoms with Crippen molar-refractivity contribution in [2.24, 2.45) is 0 Å². The molecule has 3 aromatic rings. The maximum absolute atomic E-state index is 13.0. The Hall–Kier alpha value is -2.28. The topological polar surface area (TPSA) is 34.2 Å². The number of hydrogen-bond donors (Lipinski definition) is 0. The largest absolute Gasteiger partial charge is 0.461 e. The van der Waals surface area contributed by atoms with Gasteiger partial charge in [-0.15, -0.1) is 0 Å². The van der Waals surface area contributed by atoms with Crippen molar-refractivity contribution in [2.45, 2.75) is 33.0 Å². The van der Waals surface area contributed by atoms with E-state index in [2.05, 4.69) is 23.7 Å². The first kappa shape index (κ1) is 18.5. The second kappa shape index (κ2) is 7.53. The molecule has 0 spiro atoms. The summed E-state index contributed by atoms with van der Waals surface area (Å²) in [5, 5.41) is 0. The smallest absolute Gasteiger partial charge is 0.416 e. The van der Waals surface area contributed by atoms with E-state index in [9.17, 15) is 13.2 Å². The Bertz CT molecular complexity index is 849. The lowest BCUT2D eigenvalue weighted by Gasteiger charge is -2.18. The van der Waals surface area contributed by atoms with E-state index in [0.29, 0.717) is 29.2 Å². The Kier molecular flexibility index (Phi) is 5.36. The Labute approximate surface area is 150 Å². The molecule has 1 aromatic carbocycles. The molecule has 3 rings (SSSR count). The fourth-order valence-corrected chi connectivity index (χ4v) is 3.12. The number of benzene rings is 1. The second-order valence-electron chi connectivity index (χ2n) is 6.15. The monoisotopic (exact) mass is 365 g/mol. The van der Waals surface area contributed by atoms with Gasteiger partial charge in [-0.3, -0.25) is 0 Å². The fraction of sp³-hybridized carbons (Fsp3) is 0.421. The summed E-state index contributed by atoms with van der Waals surface area (Å²) in [7, 11) is 0. The van der Waals surface area contributed by atoms with E-state index in [1.165, 1.54) is 12.3 Å². The van der Waals surface area contributed by atoms with Crippen LogP contribution in [0.25, 0.3) is 22.6 Å². The molecule has 140 valence electrons. The molecular weight excluding hydrogens is 343 g/mol. The molecule has 0 aliphatic rings. The zero-order valence-corrected chi connectivity index (χ0v) is 14.9. The average molecular weight is 365 g/mol. The Morgan fingerprint density at radius 2 is 1.92 bits per heavy atom. The molecule has 0 atom stereocenters. The van der Waals surface area contributed by atoms with Crippen molar-refractivity contribution in [1.29, 1.82) is 0 Å². The molecule has 2 aromatic heterocycles. The number of imidazole rings is 1. The van der Waals surface area contributed by atoms with E-state index in [0.717, 1.165) is 38.2 Å². The van der Waals surface area contributed by atoms with Gasteiger partial charge in [0, 0.05) is 6.54 Å². The third-order valence-corrected chi connectivity index (χ3v) is 4.57. The Morgan fingerprint density at radius 1 is 1.15 bits per heavy atom. The van der Waals surface area contributed by atoms with Crippen LogP contribution in [0, 0.1) is 0 Å². The summed E-state index contributed by atoms with van der Waals surface area (Å²) < 4.78 is 46.4. The summed E-state index contributed by atoms with van der Waals surface area (Å²) in [5.41, 5.74) is 0.321. The number of furan rings is 1. The fourth-order valence-electron chi connectivity index (χ4n) is 3.12. The van der Waals surface area contributed by atoms with Crippen LogP contribution in [0.15, 0.2) is 41.0 Å². The molecule has 0 saturated heterocycles. The van der Waals surface area contributed by atoms with Gasteiger partial charge in [0.15, 0.2) is 11.6 Å². The zero-order valence-electron chi connectivity index (χ0n) is 14.9. The summed E-state index contributed by atoms with van der Waals surface area (Å²) in [5.74, 6) is 1.11. The van der Waals surface area contributed by atoms with Crippen LogP contribution in [-0.4, -0.2) is 34.1 Å². The average Bonchev–Trinajstić information content (AvgIpc) is 3.25. The lowest BCUT2D eigenvalue weighted by atomic mass is 10.2. The molecule has 0 unspecified atom stereocenters. The predicted molar refractivity (Wildman–Crippen MR) is 94.8 cm³/mol. The Balaban J connectivity index is 1.97. The number of fused-ring (bicyclic) bond motifs is 1. The number of alkyl halides is 3. The molecule has 0 radical (unpaired) electrons. The lowest BCUT2D eigenvalue weighted by Crippen LogP contribution is -2.24. The number of nitrogens with zero attached hydrogens (tertiary/aromatic N) is 3. The predicted octanol–water partition coefficient (Wildman–Crippen LogP) is 5.05. The van der Waals surface area contributed by atoms with Crippen LogP contribution in [0.1, 0.15) is 25.8 Å². The number of halogens is 3. The van der Waals surface area contributed by atoms with Crippen LogP contribution >= 0.6 is 0 Å². The van der Waals surface area contributed by atoms with Gasteiger partial charge in [-0.2, -0.15) is 13.2 Å². The van der Waals surface area contributed by atoms with Crippen molar-refractivity contribution >= 4 is 11.0 Å². The van der Waals surface area contributed by atoms with Crippen LogP contribution in [0.2, 0.25) is 0 Å². The standard InChI is InChI=1S/C19H22F3N3O/c1-3-24(4-2)10-6-11-25-16-9-8-14(19(20,21)22)13-15(16)23-18(25)17-7-5-12-26-17/h5,7-9,12-13H,3-4,6,10-11H2,1-2H3. The summed E-state index contributed by atoms with van der Waals surface area (Å²) in [6.07, 6.45) is -1.97. The molecule has 7 heteroatoms. The maximum Gasteiger partial charge on any atom is 0.416 e. The first-order valence-corrected chi connectivity index (χ1v) is 8.77. The van der Waals surface area contributed by atoms with Gasteiger partial charge in [0.1, 0.15) is 0 Å². The number of aromatic nitrogens is 2. The molecule has 0 N–H and O–H groups in total. The second-order valence-corrected chi connectivity index (χ2v) is 6.15. The minimum absolute atomic E-state index is 0.328. The summed E-state index contributed by atoms with van der Waals surface area (Å²) in [6, 6.07) is 7.22. The van der Waals surface area contributed by atoms with Gasteiger partial charge in [0.25, 0.3) is 0 Å². The maximum atomic E-state index is 13.0. The van der Waals surface area contributed by atoms with Gasteiger partial charge in [-0.1, -0.05) is 13.8 Å². The minimum atomic E-state index is -4.38. The highest BCUT2D eigenvalue weighted by Crippen LogP contribution is 2.33. The molecule has 26 heavy (non-hydrogen) atoms. The van der Waals surface area contributed by atoms with Crippen LogP contribution in [0.5, 0.6) is 0 Å². The Morgan fingerprint density at radius 3 is 2.54 bits per heavy atom. The van der Waals surface area contributed by atoms with Crippen molar-refractivity contribution in [3.05, 3.63) is 42.2 Å². The molecule has 2 heterocycles. The van der Waals surface area contributed by atoms with E-state index in [1.807, 2.05) is 4.57 Å². The molecule has 0 aliphatic carbocycles. The molecule has 4 nitrogen and oxygen atoms in total. The van der Waals surface area contributed by atoms with Crippen LogP contribution in [0.3, 0.4) is 0 Å². The number of rotatable bonds is 7. The molecule has 0 bridgehead atoms. The molecule has 0 fully saturated rings. The highest BCUT2D eigenvalue weighted by Gasteiger charge is 2.31. The van der Waals surface area contributed by atoms with Crippen molar-refractivity contribution in [3.63, 3.8) is 0 Å². The van der Waals surface area contributed by atoms with Crippen LogP contribution < -0.4 is 0 Å². The number of hydrogen-bond acceptors (Lipinski definition) is 3. The quantitative estimate of drug-likeness (QED) is 0.588. The SMILES string of the molecule is CCN(CC)CCCn1c(-c2ccco2)nc2cc(C(F)(F)F)ccc21. The normalized spacial score (nSPS) is 12.4.